The monoisotopic (exact) mass is 263 g/mol. The van der Waals surface area contributed by atoms with Crippen molar-refractivity contribution in [2.45, 2.75) is 39.5 Å². The molecule has 1 amide bonds. The number of nitrogens with one attached hydrogen (secondary N) is 1. The molecule has 0 aliphatic heterocycles. The number of carboxylic acid groups (broad SMARTS) is 1. The molecule has 0 aromatic heterocycles. The lowest BCUT2D eigenvalue weighted by Crippen LogP contribution is -2.28. The van der Waals surface area contributed by atoms with Crippen molar-refractivity contribution in [3.05, 3.63) is 29.8 Å². The van der Waals surface area contributed by atoms with Crippen LogP contribution in [0, 0.1) is 5.92 Å². The van der Waals surface area contributed by atoms with Crippen molar-refractivity contribution in [1.82, 2.24) is 0 Å². The molecule has 19 heavy (non-hydrogen) atoms. The Morgan fingerprint density at radius 1 is 1.21 bits per heavy atom. The highest BCUT2D eigenvalue weighted by molar-refractivity contribution is 5.91. The first-order valence-electron chi connectivity index (χ1n) is 6.37. The molecule has 0 spiro atoms. The maximum Gasteiger partial charge on any atom is 0.313 e. The summed E-state index contributed by atoms with van der Waals surface area (Å²) in [6.45, 7) is 7.28. The number of carbonyl (C=O) groups excluding carboxylic acids is 1. The predicted octanol–water partition coefficient (Wildman–Crippen LogP) is 3.03. The summed E-state index contributed by atoms with van der Waals surface area (Å²) < 4.78 is 0. The van der Waals surface area contributed by atoms with Crippen LogP contribution >= 0.6 is 0 Å². The van der Waals surface area contributed by atoms with E-state index in [1.807, 2.05) is 13.8 Å². The Morgan fingerprint density at radius 2 is 1.74 bits per heavy atom. The lowest BCUT2D eigenvalue weighted by Gasteiger charge is -2.20. The smallest absolute Gasteiger partial charge is 0.313 e. The van der Waals surface area contributed by atoms with Crippen LogP contribution in [0.15, 0.2) is 24.3 Å². The number of anilines is 1. The van der Waals surface area contributed by atoms with Crippen LogP contribution in [-0.4, -0.2) is 17.0 Å². The highest BCUT2D eigenvalue weighted by atomic mass is 16.4. The molecule has 1 aromatic carbocycles. The molecule has 0 unspecified atom stereocenters. The van der Waals surface area contributed by atoms with Gasteiger partial charge in [-0.05, 0) is 37.5 Å². The van der Waals surface area contributed by atoms with Gasteiger partial charge in [0.05, 0.1) is 5.41 Å². The van der Waals surface area contributed by atoms with Crippen molar-refractivity contribution >= 4 is 17.6 Å². The van der Waals surface area contributed by atoms with Crippen LogP contribution in [0.1, 0.15) is 39.7 Å². The minimum absolute atomic E-state index is 0.0276. The van der Waals surface area contributed by atoms with Gasteiger partial charge in [-0.3, -0.25) is 9.59 Å². The zero-order chi connectivity index (χ0) is 14.6. The van der Waals surface area contributed by atoms with Gasteiger partial charge in [0.2, 0.25) is 5.91 Å². The second-order valence-electron chi connectivity index (χ2n) is 5.65. The van der Waals surface area contributed by atoms with E-state index in [4.69, 9.17) is 5.11 Å². The van der Waals surface area contributed by atoms with Crippen LogP contribution in [-0.2, 0) is 15.0 Å². The molecule has 0 atom stereocenters. The van der Waals surface area contributed by atoms with E-state index >= 15 is 0 Å². The fourth-order valence-corrected chi connectivity index (χ4v) is 1.68. The molecule has 0 radical (unpaired) electrons. The van der Waals surface area contributed by atoms with Gasteiger partial charge in [0, 0.05) is 12.1 Å². The van der Waals surface area contributed by atoms with Crippen molar-refractivity contribution in [3.63, 3.8) is 0 Å². The number of hydrogen-bond acceptors (Lipinski definition) is 2. The Hall–Kier alpha value is -1.84. The Balaban J connectivity index is 2.77. The molecule has 4 nitrogen and oxygen atoms in total. The Bertz CT molecular complexity index is 461. The summed E-state index contributed by atoms with van der Waals surface area (Å²) in [5.74, 6) is -0.588. The molecule has 2 N–H and O–H groups in total. The SMILES string of the molecule is CC(C)CC(=O)Nc1ccc(C(C)(C)C(=O)O)cc1. The summed E-state index contributed by atoms with van der Waals surface area (Å²) in [4.78, 5) is 22.7. The standard InChI is InChI=1S/C15H21NO3/c1-10(2)9-13(17)16-12-7-5-11(6-8-12)15(3,4)14(18)19/h5-8,10H,9H2,1-4H3,(H,16,17)(H,18,19). The highest BCUT2D eigenvalue weighted by Crippen LogP contribution is 2.24. The van der Waals surface area contributed by atoms with Crippen LogP contribution in [0.25, 0.3) is 0 Å². The average molecular weight is 263 g/mol. The van der Waals surface area contributed by atoms with Gasteiger partial charge in [0.15, 0.2) is 0 Å². The summed E-state index contributed by atoms with van der Waals surface area (Å²) in [5, 5.41) is 11.9. The normalized spacial score (nSPS) is 11.4. The van der Waals surface area contributed by atoms with Crippen molar-refractivity contribution in [2.75, 3.05) is 5.32 Å². The van der Waals surface area contributed by atoms with Crippen molar-refractivity contribution in [3.8, 4) is 0 Å². The molecule has 0 saturated heterocycles. The van der Waals surface area contributed by atoms with E-state index in [2.05, 4.69) is 5.32 Å². The van der Waals surface area contributed by atoms with Crippen LogP contribution in [0.3, 0.4) is 0 Å². The van der Waals surface area contributed by atoms with Crippen molar-refractivity contribution in [2.24, 2.45) is 5.92 Å². The van der Waals surface area contributed by atoms with Crippen molar-refractivity contribution < 1.29 is 14.7 Å². The molecule has 0 fully saturated rings. The summed E-state index contributed by atoms with van der Waals surface area (Å²) in [7, 11) is 0. The fourth-order valence-electron chi connectivity index (χ4n) is 1.68. The van der Waals surface area contributed by atoms with Crippen LogP contribution < -0.4 is 5.32 Å². The molecular weight excluding hydrogens is 242 g/mol. The maximum atomic E-state index is 11.6. The van der Waals surface area contributed by atoms with Gasteiger partial charge in [-0.25, -0.2) is 0 Å². The Morgan fingerprint density at radius 3 is 2.16 bits per heavy atom. The number of hydrogen-bond donors (Lipinski definition) is 2. The fraction of sp³-hybridized carbons (Fsp3) is 0.467. The number of amides is 1. The molecule has 0 saturated carbocycles. The van der Waals surface area contributed by atoms with Gasteiger partial charge in [-0.15, -0.1) is 0 Å². The summed E-state index contributed by atoms with van der Waals surface area (Å²) in [5.41, 5.74) is 0.470. The second-order valence-corrected chi connectivity index (χ2v) is 5.65. The van der Waals surface area contributed by atoms with E-state index < -0.39 is 11.4 Å². The van der Waals surface area contributed by atoms with E-state index in [0.717, 1.165) is 0 Å². The lowest BCUT2D eigenvalue weighted by molar-refractivity contribution is -0.142. The first-order chi connectivity index (χ1) is 8.73. The summed E-state index contributed by atoms with van der Waals surface area (Å²) in [6, 6.07) is 6.94. The number of carboxylic acids is 1. The molecule has 0 aliphatic rings. The van der Waals surface area contributed by atoms with E-state index in [1.165, 1.54) is 0 Å². The molecular formula is C15H21NO3. The molecule has 1 rings (SSSR count). The minimum Gasteiger partial charge on any atom is -0.481 e. The topological polar surface area (TPSA) is 66.4 Å². The van der Waals surface area contributed by atoms with Gasteiger partial charge < -0.3 is 10.4 Å². The molecule has 1 aromatic rings. The third-order valence-corrected chi connectivity index (χ3v) is 3.02. The van der Waals surface area contributed by atoms with Gasteiger partial charge in [-0.2, -0.15) is 0 Å². The lowest BCUT2D eigenvalue weighted by atomic mass is 9.85. The molecule has 0 heterocycles. The average Bonchev–Trinajstić information content (AvgIpc) is 2.28. The van der Waals surface area contributed by atoms with Gasteiger partial charge >= 0.3 is 5.97 Å². The van der Waals surface area contributed by atoms with Gasteiger partial charge in [-0.1, -0.05) is 26.0 Å². The summed E-state index contributed by atoms with van der Waals surface area (Å²) >= 11 is 0. The van der Waals surface area contributed by atoms with Gasteiger partial charge in [0.25, 0.3) is 0 Å². The quantitative estimate of drug-likeness (QED) is 0.858. The molecule has 4 heteroatoms. The van der Waals surface area contributed by atoms with E-state index in [-0.39, 0.29) is 5.91 Å². The summed E-state index contributed by atoms with van der Waals surface area (Å²) in [6.07, 6.45) is 0.475. The number of benzene rings is 1. The van der Waals surface area contributed by atoms with E-state index in [0.29, 0.717) is 23.6 Å². The van der Waals surface area contributed by atoms with Gasteiger partial charge in [0.1, 0.15) is 0 Å². The maximum absolute atomic E-state index is 11.6. The van der Waals surface area contributed by atoms with Crippen LogP contribution in [0.2, 0.25) is 0 Å². The van der Waals surface area contributed by atoms with Crippen molar-refractivity contribution in [1.29, 1.82) is 0 Å². The first kappa shape index (κ1) is 15.2. The minimum atomic E-state index is -0.930. The number of aliphatic carboxylic acids is 1. The zero-order valence-electron chi connectivity index (χ0n) is 11.9. The predicted molar refractivity (Wildman–Crippen MR) is 75.2 cm³/mol. The molecule has 0 aliphatic carbocycles. The first-order valence-corrected chi connectivity index (χ1v) is 6.37. The van der Waals surface area contributed by atoms with E-state index in [1.54, 1.807) is 38.1 Å². The molecule has 0 bridgehead atoms. The number of rotatable bonds is 5. The number of carbonyl (C=O) groups is 2. The van der Waals surface area contributed by atoms with Crippen LogP contribution in [0.5, 0.6) is 0 Å². The third-order valence-electron chi connectivity index (χ3n) is 3.02. The molecule has 104 valence electrons. The zero-order valence-corrected chi connectivity index (χ0v) is 11.9. The highest BCUT2D eigenvalue weighted by Gasteiger charge is 2.29. The Kier molecular flexibility index (Phi) is 4.70. The Labute approximate surface area is 113 Å². The van der Waals surface area contributed by atoms with Crippen LogP contribution in [0.4, 0.5) is 5.69 Å². The third kappa shape index (κ3) is 4.09. The van der Waals surface area contributed by atoms with E-state index in [9.17, 15) is 9.59 Å². The largest absolute Gasteiger partial charge is 0.481 e. The second kappa shape index (κ2) is 5.87.